The van der Waals surface area contributed by atoms with Crippen molar-refractivity contribution in [3.8, 4) is 0 Å². The van der Waals surface area contributed by atoms with E-state index < -0.39 is 0 Å². The first-order valence-corrected chi connectivity index (χ1v) is 6.17. The van der Waals surface area contributed by atoms with Crippen LogP contribution in [0.5, 0.6) is 0 Å². The third-order valence-corrected chi connectivity index (χ3v) is 3.73. The molecule has 0 amide bonds. The summed E-state index contributed by atoms with van der Waals surface area (Å²) in [7, 11) is 1.98. The van der Waals surface area contributed by atoms with Crippen LogP contribution in [-0.2, 0) is 12.8 Å². The third kappa shape index (κ3) is 2.51. The Labute approximate surface area is 104 Å². The average Bonchev–Trinajstić information content (AvgIpc) is 2.66. The number of nitrogens with zero attached hydrogens (tertiary/aromatic N) is 2. The Balaban J connectivity index is 2.10. The zero-order valence-corrected chi connectivity index (χ0v) is 10.4. The second kappa shape index (κ2) is 4.80. The number of benzene rings is 1. The first-order valence-electron chi connectivity index (χ1n) is 4.81. The molecule has 0 fully saturated rings. The fourth-order valence-corrected chi connectivity index (χ4v) is 2.58. The molecule has 0 aliphatic heterocycles. The van der Waals surface area contributed by atoms with Crippen LogP contribution in [0.15, 0.2) is 35.5 Å². The molecule has 0 unspecified atom stereocenters. The zero-order valence-electron chi connectivity index (χ0n) is 8.85. The van der Waals surface area contributed by atoms with E-state index >= 15 is 0 Å². The van der Waals surface area contributed by atoms with Crippen LogP contribution in [-0.4, -0.2) is 9.55 Å². The van der Waals surface area contributed by atoms with E-state index in [1.165, 1.54) is 0 Å². The molecule has 1 aromatic carbocycles. The van der Waals surface area contributed by atoms with Crippen LogP contribution in [0, 0.1) is 0 Å². The first-order chi connectivity index (χ1) is 7.66. The highest BCUT2D eigenvalue weighted by Gasteiger charge is 2.04. The quantitative estimate of drug-likeness (QED) is 0.676. The summed E-state index contributed by atoms with van der Waals surface area (Å²) in [5.41, 5.74) is 6.44. The van der Waals surface area contributed by atoms with E-state index in [1.807, 2.05) is 29.9 Å². The number of aryl methyl sites for hydroxylation is 1. The lowest BCUT2D eigenvalue weighted by Crippen LogP contribution is -1.94. The smallest absolute Gasteiger partial charge is 0.118 e. The van der Waals surface area contributed by atoms with E-state index in [1.54, 1.807) is 24.0 Å². The zero-order chi connectivity index (χ0) is 11.5. The summed E-state index contributed by atoms with van der Waals surface area (Å²) >= 11 is 7.71. The molecule has 2 aromatic rings. The summed E-state index contributed by atoms with van der Waals surface area (Å²) in [5.74, 6) is 1.80. The lowest BCUT2D eigenvalue weighted by atomic mass is 10.3. The number of thioether (sulfide) groups is 1. The van der Waals surface area contributed by atoms with Gasteiger partial charge in [-0.25, -0.2) is 4.98 Å². The highest BCUT2D eigenvalue weighted by molar-refractivity contribution is 7.98. The predicted molar refractivity (Wildman–Crippen MR) is 68.6 cm³/mol. The summed E-state index contributed by atoms with van der Waals surface area (Å²) < 4.78 is 1.99. The Morgan fingerprint density at radius 3 is 3.00 bits per heavy atom. The van der Waals surface area contributed by atoms with E-state index in [-0.39, 0.29) is 0 Å². The Hall–Kier alpha value is -1.13. The van der Waals surface area contributed by atoms with Gasteiger partial charge in [0, 0.05) is 30.0 Å². The minimum absolute atomic E-state index is 0.728. The van der Waals surface area contributed by atoms with Crippen molar-refractivity contribution in [3.05, 3.63) is 41.4 Å². The second-order valence-corrected chi connectivity index (χ2v) is 4.86. The topological polar surface area (TPSA) is 43.8 Å². The molecule has 16 heavy (non-hydrogen) atoms. The van der Waals surface area contributed by atoms with Crippen molar-refractivity contribution in [1.82, 2.24) is 9.55 Å². The van der Waals surface area contributed by atoms with Crippen LogP contribution in [0.3, 0.4) is 0 Å². The largest absolute Gasteiger partial charge is 0.399 e. The maximum Gasteiger partial charge on any atom is 0.118 e. The fourth-order valence-electron chi connectivity index (χ4n) is 1.31. The monoisotopic (exact) mass is 253 g/mol. The van der Waals surface area contributed by atoms with Gasteiger partial charge in [0.25, 0.3) is 0 Å². The van der Waals surface area contributed by atoms with Crippen LogP contribution in [0.4, 0.5) is 5.69 Å². The molecule has 1 aromatic heterocycles. The molecule has 0 saturated carbocycles. The van der Waals surface area contributed by atoms with Crippen LogP contribution in [0.1, 0.15) is 5.82 Å². The van der Waals surface area contributed by atoms with E-state index in [2.05, 4.69) is 4.98 Å². The molecule has 0 radical (unpaired) electrons. The molecule has 2 rings (SSSR count). The van der Waals surface area contributed by atoms with Gasteiger partial charge in [0.2, 0.25) is 0 Å². The second-order valence-electron chi connectivity index (χ2n) is 3.43. The molecule has 3 nitrogen and oxygen atoms in total. The molecular formula is C11H12ClN3S. The summed E-state index contributed by atoms with van der Waals surface area (Å²) in [4.78, 5) is 5.24. The van der Waals surface area contributed by atoms with Crippen molar-refractivity contribution in [1.29, 1.82) is 0 Å². The normalized spacial score (nSPS) is 10.6. The lowest BCUT2D eigenvalue weighted by Gasteiger charge is -2.05. The van der Waals surface area contributed by atoms with Gasteiger partial charge in [-0.15, -0.1) is 11.8 Å². The molecule has 84 valence electrons. The number of hydrogen-bond donors (Lipinski definition) is 1. The highest BCUT2D eigenvalue weighted by atomic mass is 35.5. The van der Waals surface area contributed by atoms with Gasteiger partial charge in [0.05, 0.1) is 10.8 Å². The molecule has 0 saturated heterocycles. The molecule has 2 N–H and O–H groups in total. The molecule has 0 aliphatic rings. The number of nitrogen functional groups attached to an aromatic ring is 1. The van der Waals surface area contributed by atoms with Gasteiger partial charge in [-0.1, -0.05) is 11.6 Å². The minimum atomic E-state index is 0.728. The molecule has 1 heterocycles. The van der Waals surface area contributed by atoms with Crippen molar-refractivity contribution < 1.29 is 0 Å². The number of halogens is 1. The first kappa shape index (κ1) is 11.4. The van der Waals surface area contributed by atoms with Gasteiger partial charge in [-0.05, 0) is 18.2 Å². The molecule has 0 aliphatic carbocycles. The van der Waals surface area contributed by atoms with E-state index in [4.69, 9.17) is 17.3 Å². The highest BCUT2D eigenvalue weighted by Crippen LogP contribution is 2.30. The molecule has 5 heteroatoms. The van der Waals surface area contributed by atoms with Gasteiger partial charge < -0.3 is 10.3 Å². The van der Waals surface area contributed by atoms with E-state index in [0.29, 0.717) is 0 Å². The number of rotatable bonds is 3. The summed E-state index contributed by atoms with van der Waals surface area (Å²) in [6.07, 6.45) is 3.72. The van der Waals surface area contributed by atoms with Crippen LogP contribution >= 0.6 is 23.4 Å². The molecule has 0 atom stereocenters. The number of aromatic nitrogens is 2. The van der Waals surface area contributed by atoms with Crippen LogP contribution < -0.4 is 5.73 Å². The maximum atomic E-state index is 6.07. The van der Waals surface area contributed by atoms with Crippen molar-refractivity contribution >= 4 is 29.1 Å². The van der Waals surface area contributed by atoms with Crippen molar-refractivity contribution in [2.45, 2.75) is 10.6 Å². The Morgan fingerprint density at radius 2 is 2.31 bits per heavy atom. The molecule has 0 bridgehead atoms. The van der Waals surface area contributed by atoms with Crippen LogP contribution in [0.2, 0.25) is 5.02 Å². The standard InChI is InChI=1S/C11H12ClN3S/c1-15-5-4-14-11(15)7-16-10-6-8(13)2-3-9(10)12/h2-6H,7,13H2,1H3. The minimum Gasteiger partial charge on any atom is -0.399 e. The van der Waals surface area contributed by atoms with Crippen LogP contribution in [0.25, 0.3) is 0 Å². The van der Waals surface area contributed by atoms with Gasteiger partial charge in [0.1, 0.15) is 5.82 Å². The SMILES string of the molecule is Cn1ccnc1CSc1cc(N)ccc1Cl. The molecule has 0 spiro atoms. The number of imidazole rings is 1. The lowest BCUT2D eigenvalue weighted by molar-refractivity contribution is 0.849. The van der Waals surface area contributed by atoms with E-state index in [9.17, 15) is 0 Å². The number of nitrogens with two attached hydrogens (primary N) is 1. The fraction of sp³-hybridized carbons (Fsp3) is 0.182. The average molecular weight is 254 g/mol. The van der Waals surface area contributed by atoms with Gasteiger partial charge >= 0.3 is 0 Å². The Morgan fingerprint density at radius 1 is 1.50 bits per heavy atom. The van der Waals surface area contributed by atoms with Gasteiger partial charge in [-0.3, -0.25) is 0 Å². The number of hydrogen-bond acceptors (Lipinski definition) is 3. The third-order valence-electron chi connectivity index (χ3n) is 2.23. The summed E-state index contributed by atoms with van der Waals surface area (Å²) in [6.45, 7) is 0. The van der Waals surface area contributed by atoms with E-state index in [0.717, 1.165) is 27.2 Å². The van der Waals surface area contributed by atoms with Gasteiger partial charge in [0.15, 0.2) is 0 Å². The summed E-state index contributed by atoms with van der Waals surface area (Å²) in [5, 5.41) is 0.730. The molecular weight excluding hydrogens is 242 g/mol. The van der Waals surface area contributed by atoms with Crippen molar-refractivity contribution in [2.24, 2.45) is 7.05 Å². The Kier molecular flexibility index (Phi) is 3.41. The predicted octanol–water partition coefficient (Wildman–Crippen LogP) is 2.95. The Bertz CT molecular complexity index is 496. The van der Waals surface area contributed by atoms with Gasteiger partial charge in [-0.2, -0.15) is 0 Å². The maximum absolute atomic E-state index is 6.07. The van der Waals surface area contributed by atoms with Crippen molar-refractivity contribution in [2.75, 3.05) is 5.73 Å². The van der Waals surface area contributed by atoms with Crippen molar-refractivity contribution in [3.63, 3.8) is 0 Å². The summed E-state index contributed by atoms with van der Waals surface area (Å²) in [6, 6.07) is 5.50. The number of anilines is 1.